The van der Waals surface area contributed by atoms with E-state index in [1.165, 1.54) is 31.5 Å². The Balaban J connectivity index is 1.62. The quantitative estimate of drug-likeness (QED) is 0.298. The lowest BCUT2D eigenvalue weighted by molar-refractivity contribution is -0.384. The minimum atomic E-state index is -4.69. The minimum absolute atomic E-state index is 0.0418. The second-order valence-electron chi connectivity index (χ2n) is 7.69. The number of halogens is 4. The summed E-state index contributed by atoms with van der Waals surface area (Å²) >= 11 is 3.00. The predicted molar refractivity (Wildman–Crippen MR) is 118 cm³/mol. The molecule has 4 rings (SSSR count). The summed E-state index contributed by atoms with van der Waals surface area (Å²) in [4.78, 5) is 27.5. The van der Waals surface area contributed by atoms with Gasteiger partial charge in [0.1, 0.15) is 17.5 Å². The molecule has 1 atom stereocenters. The number of hydrogen-bond donors (Lipinski definition) is 1. The van der Waals surface area contributed by atoms with Crippen molar-refractivity contribution in [1.82, 2.24) is 14.8 Å². The molecule has 1 saturated carbocycles. The Morgan fingerprint density at radius 3 is 2.65 bits per heavy atom. The smallest absolute Gasteiger partial charge is 0.436 e. The second-order valence-corrected chi connectivity index (χ2v) is 8.49. The van der Waals surface area contributed by atoms with Gasteiger partial charge in [-0.1, -0.05) is 0 Å². The SMILES string of the molecule is CC(C(=O)Nc1cc(Oc2cccnc2)cc([N+](=O)[O-])c1)n1nc(C(F)(F)F)c(Br)c1C1CC1. The minimum Gasteiger partial charge on any atom is -0.455 e. The molecular formula is C21H17BrF3N5O4. The first-order valence-electron chi connectivity index (χ1n) is 10.1. The van der Waals surface area contributed by atoms with E-state index in [1.807, 2.05) is 0 Å². The molecule has 1 amide bonds. The Morgan fingerprint density at radius 2 is 2.06 bits per heavy atom. The number of carbonyl (C=O) groups is 1. The number of alkyl halides is 3. The lowest BCUT2D eigenvalue weighted by Crippen LogP contribution is -2.26. The molecule has 3 aromatic rings. The monoisotopic (exact) mass is 539 g/mol. The van der Waals surface area contributed by atoms with Gasteiger partial charge in [-0.05, 0) is 47.8 Å². The second kappa shape index (κ2) is 9.05. The highest BCUT2D eigenvalue weighted by Crippen LogP contribution is 2.47. The standard InChI is InChI=1S/C21H17BrF3N5O4/c1-11(29-18(12-4-5-12)17(22)19(28-29)21(23,24)25)20(31)27-13-7-14(30(32)33)9-16(8-13)34-15-3-2-6-26-10-15/h2-3,6-12H,4-5H2,1H3,(H,27,31). The van der Waals surface area contributed by atoms with E-state index in [-0.39, 0.29) is 27.5 Å². The van der Waals surface area contributed by atoms with Crippen molar-refractivity contribution < 1.29 is 27.6 Å². The molecule has 13 heteroatoms. The molecule has 1 fully saturated rings. The lowest BCUT2D eigenvalue weighted by atomic mass is 10.2. The summed E-state index contributed by atoms with van der Waals surface area (Å²) in [6, 6.07) is 5.77. The molecule has 34 heavy (non-hydrogen) atoms. The Hall–Kier alpha value is -3.48. The van der Waals surface area contributed by atoms with E-state index in [0.29, 0.717) is 24.3 Å². The number of nitro groups is 1. The first-order valence-corrected chi connectivity index (χ1v) is 10.9. The average molecular weight is 540 g/mol. The summed E-state index contributed by atoms with van der Waals surface area (Å²) in [5.41, 5.74) is -1.10. The molecule has 1 aliphatic rings. The summed E-state index contributed by atoms with van der Waals surface area (Å²) in [7, 11) is 0. The number of rotatable bonds is 7. The van der Waals surface area contributed by atoms with Crippen LogP contribution >= 0.6 is 15.9 Å². The fourth-order valence-corrected chi connectivity index (χ4v) is 4.16. The van der Waals surface area contributed by atoms with Crippen LogP contribution in [0.5, 0.6) is 11.5 Å². The zero-order valence-corrected chi connectivity index (χ0v) is 19.1. The van der Waals surface area contributed by atoms with Crippen LogP contribution in [0, 0.1) is 10.1 Å². The van der Waals surface area contributed by atoms with Crippen LogP contribution in [0.2, 0.25) is 0 Å². The summed E-state index contributed by atoms with van der Waals surface area (Å²) in [5.74, 6) is -0.433. The number of benzene rings is 1. The number of ether oxygens (including phenoxy) is 1. The van der Waals surface area contributed by atoms with Crippen molar-refractivity contribution in [2.24, 2.45) is 0 Å². The third kappa shape index (κ3) is 5.03. The van der Waals surface area contributed by atoms with Crippen molar-refractivity contribution in [2.45, 2.75) is 37.9 Å². The van der Waals surface area contributed by atoms with Crippen molar-refractivity contribution in [3.8, 4) is 11.5 Å². The number of aromatic nitrogens is 3. The van der Waals surface area contributed by atoms with Gasteiger partial charge in [-0.15, -0.1) is 0 Å². The largest absolute Gasteiger partial charge is 0.455 e. The zero-order chi connectivity index (χ0) is 24.6. The van der Waals surface area contributed by atoms with Crippen molar-refractivity contribution in [1.29, 1.82) is 0 Å². The Kier molecular flexibility index (Phi) is 6.30. The molecule has 0 bridgehead atoms. The number of carbonyl (C=O) groups excluding carboxylic acids is 1. The van der Waals surface area contributed by atoms with Crippen LogP contribution in [0.15, 0.2) is 47.2 Å². The number of amides is 1. The Labute approximate surface area is 199 Å². The molecule has 2 aromatic heterocycles. The summed E-state index contributed by atoms with van der Waals surface area (Å²) in [5, 5.41) is 17.5. The Morgan fingerprint density at radius 1 is 1.32 bits per heavy atom. The van der Waals surface area contributed by atoms with E-state index < -0.39 is 28.7 Å². The predicted octanol–water partition coefficient (Wildman–Crippen LogP) is 5.84. The van der Waals surface area contributed by atoms with Crippen LogP contribution in [-0.2, 0) is 11.0 Å². The van der Waals surface area contributed by atoms with E-state index in [0.717, 1.165) is 10.7 Å². The first kappa shape index (κ1) is 23.7. The highest BCUT2D eigenvalue weighted by Gasteiger charge is 2.43. The van der Waals surface area contributed by atoms with Gasteiger partial charge in [-0.25, -0.2) is 0 Å². The Bertz CT molecular complexity index is 1250. The molecule has 1 aliphatic carbocycles. The number of nitrogens with zero attached hydrogens (tertiary/aromatic N) is 4. The van der Waals surface area contributed by atoms with Crippen LogP contribution in [0.25, 0.3) is 0 Å². The molecule has 0 radical (unpaired) electrons. The summed E-state index contributed by atoms with van der Waals surface area (Å²) in [6.45, 7) is 1.41. The molecule has 1 unspecified atom stereocenters. The van der Waals surface area contributed by atoms with Crippen molar-refractivity contribution in [3.63, 3.8) is 0 Å². The van der Waals surface area contributed by atoms with E-state index in [9.17, 15) is 28.1 Å². The molecule has 0 saturated heterocycles. The molecule has 0 spiro atoms. The van der Waals surface area contributed by atoms with Gasteiger partial charge in [0.05, 0.1) is 33.0 Å². The van der Waals surface area contributed by atoms with Gasteiger partial charge in [-0.2, -0.15) is 18.3 Å². The third-order valence-electron chi connectivity index (χ3n) is 5.11. The van der Waals surface area contributed by atoms with Gasteiger partial charge < -0.3 is 10.1 Å². The fourth-order valence-electron chi connectivity index (χ4n) is 3.35. The molecule has 1 N–H and O–H groups in total. The highest BCUT2D eigenvalue weighted by atomic mass is 79.9. The maximum absolute atomic E-state index is 13.4. The van der Waals surface area contributed by atoms with Crippen LogP contribution in [0.3, 0.4) is 0 Å². The maximum Gasteiger partial charge on any atom is 0.436 e. The van der Waals surface area contributed by atoms with Crippen molar-refractivity contribution in [3.05, 3.63) is 68.7 Å². The van der Waals surface area contributed by atoms with Gasteiger partial charge >= 0.3 is 6.18 Å². The van der Waals surface area contributed by atoms with Crippen LogP contribution in [-0.4, -0.2) is 25.6 Å². The normalized spacial score (nSPS) is 14.5. The van der Waals surface area contributed by atoms with Gasteiger partial charge in [0, 0.05) is 24.2 Å². The summed E-state index contributed by atoms with van der Waals surface area (Å²) in [6.07, 6.45) is -0.373. The van der Waals surface area contributed by atoms with Crippen LogP contribution in [0.1, 0.15) is 43.1 Å². The maximum atomic E-state index is 13.4. The number of anilines is 1. The van der Waals surface area contributed by atoms with Crippen LogP contribution in [0.4, 0.5) is 24.5 Å². The third-order valence-corrected chi connectivity index (χ3v) is 5.89. The van der Waals surface area contributed by atoms with E-state index in [1.54, 1.807) is 12.1 Å². The molecule has 1 aromatic carbocycles. The van der Waals surface area contributed by atoms with Crippen molar-refractivity contribution >= 4 is 33.2 Å². The number of hydrogen-bond acceptors (Lipinski definition) is 6. The number of nitrogens with one attached hydrogen (secondary N) is 1. The van der Waals surface area contributed by atoms with E-state index >= 15 is 0 Å². The highest BCUT2D eigenvalue weighted by molar-refractivity contribution is 9.10. The van der Waals surface area contributed by atoms with Gasteiger partial charge in [-0.3, -0.25) is 24.6 Å². The van der Waals surface area contributed by atoms with Gasteiger partial charge in [0.15, 0.2) is 5.69 Å². The first-order chi connectivity index (χ1) is 16.0. The number of non-ortho nitro benzene ring substituents is 1. The number of nitro benzene ring substituents is 1. The van der Waals surface area contributed by atoms with E-state index in [2.05, 4.69) is 31.3 Å². The van der Waals surface area contributed by atoms with E-state index in [4.69, 9.17) is 4.74 Å². The van der Waals surface area contributed by atoms with Gasteiger partial charge in [0.25, 0.3) is 5.69 Å². The van der Waals surface area contributed by atoms with Crippen molar-refractivity contribution in [2.75, 3.05) is 5.32 Å². The number of pyridine rings is 1. The topological polar surface area (TPSA) is 112 Å². The molecular weight excluding hydrogens is 523 g/mol. The fraction of sp³-hybridized carbons (Fsp3) is 0.286. The average Bonchev–Trinajstić information content (AvgIpc) is 3.54. The lowest BCUT2D eigenvalue weighted by Gasteiger charge is -2.16. The molecule has 0 aliphatic heterocycles. The van der Waals surface area contributed by atoms with Gasteiger partial charge in [0.2, 0.25) is 5.91 Å². The zero-order valence-electron chi connectivity index (χ0n) is 17.5. The van der Waals surface area contributed by atoms with Crippen LogP contribution < -0.4 is 10.1 Å². The molecule has 178 valence electrons. The molecule has 2 heterocycles. The molecule has 9 nitrogen and oxygen atoms in total. The summed E-state index contributed by atoms with van der Waals surface area (Å²) < 4.78 is 46.6.